The van der Waals surface area contributed by atoms with Crippen LogP contribution >= 0.6 is 0 Å². The SMILES string of the molecule is O=C(C(c1ccccc1)c1ccccc1)N1CCN(c2cc(Nc3ccccn3)ncn2)CC1. The van der Waals surface area contributed by atoms with Crippen LogP contribution in [0.15, 0.2) is 97.5 Å². The van der Waals surface area contributed by atoms with Crippen molar-refractivity contribution in [2.45, 2.75) is 5.92 Å². The largest absolute Gasteiger partial charge is 0.353 e. The minimum Gasteiger partial charge on any atom is -0.353 e. The highest BCUT2D eigenvalue weighted by atomic mass is 16.2. The van der Waals surface area contributed by atoms with Gasteiger partial charge in [-0.05, 0) is 23.3 Å². The summed E-state index contributed by atoms with van der Waals surface area (Å²) >= 11 is 0. The van der Waals surface area contributed by atoms with E-state index < -0.39 is 0 Å². The minimum absolute atomic E-state index is 0.136. The summed E-state index contributed by atoms with van der Waals surface area (Å²) in [5.41, 5.74) is 2.03. The van der Waals surface area contributed by atoms with Crippen LogP contribution in [-0.2, 0) is 4.79 Å². The van der Waals surface area contributed by atoms with E-state index in [9.17, 15) is 4.79 Å². The van der Waals surface area contributed by atoms with Crippen molar-refractivity contribution in [2.75, 3.05) is 36.4 Å². The second-order valence-corrected chi connectivity index (χ2v) is 8.17. The number of hydrogen-bond donors (Lipinski definition) is 1. The molecule has 170 valence electrons. The molecule has 1 aliphatic heterocycles. The Hall–Kier alpha value is -4.26. The molecule has 0 saturated carbocycles. The summed E-state index contributed by atoms with van der Waals surface area (Å²) in [6.45, 7) is 2.70. The predicted octanol–water partition coefficient (Wildman–Crippen LogP) is 4.10. The molecule has 1 N–H and O–H groups in total. The number of aromatic nitrogens is 3. The van der Waals surface area contributed by atoms with Crippen LogP contribution in [0.25, 0.3) is 0 Å². The Morgan fingerprint density at radius 2 is 1.38 bits per heavy atom. The number of carbonyl (C=O) groups excluding carboxylic acids is 1. The third-order valence-corrected chi connectivity index (χ3v) is 6.00. The first-order valence-electron chi connectivity index (χ1n) is 11.4. The molecular weight excluding hydrogens is 424 g/mol. The summed E-state index contributed by atoms with van der Waals surface area (Å²) in [5.74, 6) is 2.09. The van der Waals surface area contributed by atoms with Crippen molar-refractivity contribution in [1.29, 1.82) is 0 Å². The maximum absolute atomic E-state index is 13.7. The van der Waals surface area contributed by atoms with Gasteiger partial charge in [-0.3, -0.25) is 4.79 Å². The molecule has 5 rings (SSSR count). The fourth-order valence-electron chi connectivity index (χ4n) is 4.26. The van der Waals surface area contributed by atoms with E-state index in [1.165, 1.54) is 0 Å². The van der Waals surface area contributed by atoms with Crippen molar-refractivity contribution in [3.63, 3.8) is 0 Å². The summed E-state index contributed by atoms with van der Waals surface area (Å²) in [6.07, 6.45) is 3.29. The zero-order valence-corrected chi connectivity index (χ0v) is 18.8. The number of nitrogens with zero attached hydrogens (tertiary/aromatic N) is 5. The van der Waals surface area contributed by atoms with Crippen LogP contribution < -0.4 is 10.2 Å². The molecule has 0 bridgehead atoms. The third-order valence-electron chi connectivity index (χ3n) is 6.00. The normalized spacial score (nSPS) is 13.7. The lowest BCUT2D eigenvalue weighted by Crippen LogP contribution is -2.50. The number of anilines is 3. The molecule has 1 saturated heterocycles. The van der Waals surface area contributed by atoms with Crippen LogP contribution in [0.2, 0.25) is 0 Å². The van der Waals surface area contributed by atoms with E-state index in [2.05, 4.69) is 25.2 Å². The highest BCUT2D eigenvalue weighted by molar-refractivity contribution is 5.87. The Morgan fingerprint density at radius 3 is 2.00 bits per heavy atom. The van der Waals surface area contributed by atoms with Gasteiger partial charge in [-0.25, -0.2) is 15.0 Å². The van der Waals surface area contributed by atoms with Gasteiger partial charge in [0.25, 0.3) is 0 Å². The summed E-state index contributed by atoms with van der Waals surface area (Å²) < 4.78 is 0. The summed E-state index contributed by atoms with van der Waals surface area (Å²) in [7, 11) is 0. The van der Waals surface area contributed by atoms with Crippen LogP contribution in [0, 0.1) is 0 Å². The van der Waals surface area contributed by atoms with Gasteiger partial charge in [0.15, 0.2) is 0 Å². The standard InChI is InChI=1S/C27H26N6O/c34-27(26(21-9-3-1-4-10-21)22-11-5-2-6-12-22)33-17-15-32(16-18-33)25-19-24(29-20-30-25)31-23-13-7-8-14-28-23/h1-14,19-20,26H,15-18H2,(H,28,29,30,31). The molecule has 1 fully saturated rings. The van der Waals surface area contributed by atoms with Gasteiger partial charge in [0.05, 0.1) is 5.92 Å². The van der Waals surface area contributed by atoms with Crippen molar-refractivity contribution in [1.82, 2.24) is 19.9 Å². The van der Waals surface area contributed by atoms with Crippen LogP contribution in [0.1, 0.15) is 17.0 Å². The van der Waals surface area contributed by atoms with Gasteiger partial charge in [0, 0.05) is 38.4 Å². The van der Waals surface area contributed by atoms with E-state index in [1.54, 1.807) is 12.5 Å². The minimum atomic E-state index is -0.304. The second kappa shape index (κ2) is 10.1. The third kappa shape index (κ3) is 4.88. The Labute approximate surface area is 199 Å². The highest BCUT2D eigenvalue weighted by Crippen LogP contribution is 2.28. The lowest BCUT2D eigenvalue weighted by molar-refractivity contribution is -0.132. The van der Waals surface area contributed by atoms with Gasteiger partial charge < -0.3 is 15.1 Å². The number of rotatable bonds is 6. The van der Waals surface area contributed by atoms with Gasteiger partial charge in [0.1, 0.15) is 23.8 Å². The maximum Gasteiger partial charge on any atom is 0.234 e. The molecule has 1 amide bonds. The number of piperazine rings is 1. The van der Waals surface area contributed by atoms with Gasteiger partial charge in [-0.2, -0.15) is 0 Å². The summed E-state index contributed by atoms with van der Waals surface area (Å²) in [6, 6.07) is 27.6. The lowest BCUT2D eigenvalue weighted by atomic mass is 9.90. The van der Waals surface area contributed by atoms with Gasteiger partial charge in [-0.15, -0.1) is 0 Å². The number of amides is 1. The van der Waals surface area contributed by atoms with Crippen molar-refractivity contribution in [3.05, 3.63) is 109 Å². The van der Waals surface area contributed by atoms with E-state index >= 15 is 0 Å². The average Bonchev–Trinajstić information content (AvgIpc) is 2.91. The molecule has 1 aliphatic rings. The molecule has 34 heavy (non-hydrogen) atoms. The summed E-state index contributed by atoms with van der Waals surface area (Å²) in [4.78, 5) is 30.9. The molecule has 4 aromatic rings. The van der Waals surface area contributed by atoms with Gasteiger partial charge in [-0.1, -0.05) is 66.7 Å². The molecule has 2 aromatic carbocycles. The Bertz CT molecular complexity index is 1170. The first-order chi connectivity index (χ1) is 16.8. The molecule has 0 aliphatic carbocycles. The molecule has 0 radical (unpaired) electrons. The maximum atomic E-state index is 13.7. The van der Waals surface area contributed by atoms with Crippen molar-refractivity contribution in [3.8, 4) is 0 Å². The second-order valence-electron chi connectivity index (χ2n) is 8.17. The molecule has 0 unspecified atom stereocenters. The molecule has 0 spiro atoms. The average molecular weight is 451 g/mol. The molecule has 7 nitrogen and oxygen atoms in total. The van der Waals surface area contributed by atoms with Crippen molar-refractivity contribution < 1.29 is 4.79 Å². The predicted molar refractivity (Wildman–Crippen MR) is 133 cm³/mol. The highest BCUT2D eigenvalue weighted by Gasteiger charge is 2.30. The van der Waals surface area contributed by atoms with Crippen LogP contribution in [-0.4, -0.2) is 51.9 Å². The molecule has 3 heterocycles. The molecule has 7 heteroatoms. The topological polar surface area (TPSA) is 74.2 Å². The number of nitrogens with one attached hydrogen (secondary N) is 1. The lowest BCUT2D eigenvalue weighted by Gasteiger charge is -2.37. The van der Waals surface area contributed by atoms with Crippen LogP contribution in [0.5, 0.6) is 0 Å². The van der Waals surface area contributed by atoms with E-state index in [-0.39, 0.29) is 11.8 Å². The fraction of sp³-hybridized carbons (Fsp3) is 0.185. The van der Waals surface area contributed by atoms with Crippen molar-refractivity contribution >= 4 is 23.4 Å². The molecule has 0 atom stereocenters. The quantitative estimate of drug-likeness (QED) is 0.477. The van der Waals surface area contributed by atoms with E-state index in [0.29, 0.717) is 32.0 Å². The van der Waals surface area contributed by atoms with E-state index in [1.807, 2.05) is 89.8 Å². The fourth-order valence-corrected chi connectivity index (χ4v) is 4.26. The zero-order chi connectivity index (χ0) is 23.2. The van der Waals surface area contributed by atoms with Gasteiger partial charge in [0.2, 0.25) is 5.91 Å². The van der Waals surface area contributed by atoms with Crippen LogP contribution in [0.3, 0.4) is 0 Å². The molecule has 2 aromatic heterocycles. The molecular formula is C27H26N6O. The zero-order valence-electron chi connectivity index (χ0n) is 18.8. The van der Waals surface area contributed by atoms with Gasteiger partial charge >= 0.3 is 0 Å². The van der Waals surface area contributed by atoms with Crippen molar-refractivity contribution in [2.24, 2.45) is 0 Å². The van der Waals surface area contributed by atoms with E-state index in [4.69, 9.17) is 0 Å². The summed E-state index contributed by atoms with van der Waals surface area (Å²) in [5, 5.41) is 3.21. The first kappa shape index (κ1) is 21.6. The smallest absolute Gasteiger partial charge is 0.234 e. The Kier molecular flexibility index (Phi) is 6.42. The Morgan fingerprint density at radius 1 is 0.735 bits per heavy atom. The number of carbonyl (C=O) groups is 1. The number of pyridine rings is 1. The number of hydrogen-bond acceptors (Lipinski definition) is 6. The monoisotopic (exact) mass is 450 g/mol. The Balaban J connectivity index is 1.28. The van der Waals surface area contributed by atoms with E-state index in [0.717, 1.165) is 22.8 Å². The van der Waals surface area contributed by atoms with Crippen LogP contribution in [0.4, 0.5) is 17.5 Å². The first-order valence-corrected chi connectivity index (χ1v) is 11.4. The number of benzene rings is 2.